The number of nitrogens with one attached hydrogen (secondary N) is 2. The van der Waals surface area contributed by atoms with Gasteiger partial charge >= 0.3 is 5.97 Å². The molecule has 0 spiro atoms. The van der Waals surface area contributed by atoms with Crippen LogP contribution < -0.4 is 15.4 Å². The van der Waals surface area contributed by atoms with Crippen molar-refractivity contribution < 1.29 is 23.9 Å². The highest BCUT2D eigenvalue weighted by Gasteiger charge is 2.26. The zero-order valence-corrected chi connectivity index (χ0v) is 15.9. The molecule has 0 aliphatic carbocycles. The van der Waals surface area contributed by atoms with Crippen molar-refractivity contribution in [2.24, 2.45) is 5.92 Å². The highest BCUT2D eigenvalue weighted by atomic mass is 35.5. The predicted octanol–water partition coefficient (Wildman–Crippen LogP) is 2.43. The molecule has 2 aromatic rings. The van der Waals surface area contributed by atoms with Crippen molar-refractivity contribution in [1.29, 1.82) is 0 Å². The summed E-state index contributed by atoms with van der Waals surface area (Å²) in [5, 5.41) is 5.82. The SMILES string of the molecule is COC(=O)CNC(=O)C1COc2ccc(NC(=O)c3cccc(Cl)c3)cc2C1. The third-order valence-corrected chi connectivity index (χ3v) is 4.55. The number of hydrogen-bond acceptors (Lipinski definition) is 5. The lowest BCUT2D eigenvalue weighted by molar-refractivity contribution is -0.141. The number of rotatable bonds is 5. The summed E-state index contributed by atoms with van der Waals surface area (Å²) in [6.45, 7) is 0.0304. The van der Waals surface area contributed by atoms with Crippen LogP contribution in [0.15, 0.2) is 42.5 Å². The summed E-state index contributed by atoms with van der Waals surface area (Å²) >= 11 is 5.92. The van der Waals surface area contributed by atoms with E-state index >= 15 is 0 Å². The number of esters is 1. The van der Waals surface area contributed by atoms with Crippen LogP contribution in [0.3, 0.4) is 0 Å². The van der Waals surface area contributed by atoms with Crippen LogP contribution in [-0.2, 0) is 20.7 Å². The van der Waals surface area contributed by atoms with Crippen LogP contribution in [0, 0.1) is 5.92 Å². The highest BCUT2D eigenvalue weighted by molar-refractivity contribution is 6.31. The maximum atomic E-state index is 12.4. The topological polar surface area (TPSA) is 93.7 Å². The van der Waals surface area contributed by atoms with Gasteiger partial charge in [0.1, 0.15) is 18.9 Å². The maximum absolute atomic E-state index is 12.4. The van der Waals surface area contributed by atoms with E-state index in [4.69, 9.17) is 16.3 Å². The first-order chi connectivity index (χ1) is 13.5. The molecule has 2 amide bonds. The molecule has 0 saturated heterocycles. The second-order valence-electron chi connectivity index (χ2n) is 6.29. The minimum absolute atomic E-state index is 0.186. The Labute approximate surface area is 167 Å². The smallest absolute Gasteiger partial charge is 0.325 e. The largest absolute Gasteiger partial charge is 0.492 e. The van der Waals surface area contributed by atoms with Crippen molar-refractivity contribution in [3.05, 3.63) is 58.6 Å². The minimum Gasteiger partial charge on any atom is -0.492 e. The van der Waals surface area contributed by atoms with E-state index in [1.165, 1.54) is 7.11 Å². The van der Waals surface area contributed by atoms with Gasteiger partial charge in [-0.2, -0.15) is 0 Å². The fourth-order valence-corrected chi connectivity index (χ4v) is 3.04. The van der Waals surface area contributed by atoms with Crippen LogP contribution in [-0.4, -0.2) is 38.0 Å². The van der Waals surface area contributed by atoms with Gasteiger partial charge in [-0.3, -0.25) is 14.4 Å². The molecule has 0 bridgehead atoms. The molecule has 2 aromatic carbocycles. The molecule has 8 heteroatoms. The number of anilines is 1. The Hall–Kier alpha value is -3.06. The van der Waals surface area contributed by atoms with Crippen LogP contribution in [0.4, 0.5) is 5.69 Å². The van der Waals surface area contributed by atoms with Crippen molar-refractivity contribution >= 4 is 35.1 Å². The van der Waals surface area contributed by atoms with Crippen LogP contribution in [0.25, 0.3) is 0 Å². The standard InChI is InChI=1S/C20H19ClN2O5/c1-27-18(24)10-22-19(25)14-7-13-9-16(5-6-17(13)28-11-14)23-20(26)12-3-2-4-15(21)8-12/h2-6,8-9,14H,7,10-11H2,1H3,(H,22,25)(H,23,26). The highest BCUT2D eigenvalue weighted by Crippen LogP contribution is 2.30. The Kier molecular flexibility index (Phi) is 6.16. The van der Waals surface area contributed by atoms with Gasteiger partial charge < -0.3 is 20.1 Å². The van der Waals surface area contributed by atoms with Gasteiger partial charge in [0, 0.05) is 16.3 Å². The monoisotopic (exact) mass is 402 g/mol. The lowest BCUT2D eigenvalue weighted by Gasteiger charge is -2.25. The van der Waals surface area contributed by atoms with E-state index in [1.807, 2.05) is 0 Å². The van der Waals surface area contributed by atoms with E-state index in [1.54, 1.807) is 42.5 Å². The van der Waals surface area contributed by atoms with Gasteiger partial charge in [0.15, 0.2) is 0 Å². The Morgan fingerprint density at radius 3 is 2.79 bits per heavy atom. The van der Waals surface area contributed by atoms with Crippen LogP contribution >= 0.6 is 11.6 Å². The van der Waals surface area contributed by atoms with Crippen LogP contribution in [0.2, 0.25) is 5.02 Å². The van der Waals surface area contributed by atoms with Gasteiger partial charge in [0.2, 0.25) is 5.91 Å². The molecule has 1 aliphatic rings. The Morgan fingerprint density at radius 2 is 2.04 bits per heavy atom. The molecular weight excluding hydrogens is 384 g/mol. The molecule has 0 saturated carbocycles. The first-order valence-electron chi connectivity index (χ1n) is 8.63. The van der Waals surface area contributed by atoms with Crippen molar-refractivity contribution in [3.63, 3.8) is 0 Å². The summed E-state index contributed by atoms with van der Waals surface area (Å²) in [4.78, 5) is 35.8. The first-order valence-corrected chi connectivity index (χ1v) is 9.01. The van der Waals surface area contributed by atoms with Crippen molar-refractivity contribution in [1.82, 2.24) is 5.32 Å². The van der Waals surface area contributed by atoms with E-state index < -0.39 is 11.9 Å². The van der Waals surface area contributed by atoms with E-state index in [0.29, 0.717) is 28.4 Å². The minimum atomic E-state index is -0.517. The molecule has 3 rings (SSSR count). The molecule has 146 valence electrons. The number of carbonyl (C=O) groups excluding carboxylic acids is 3. The zero-order valence-electron chi connectivity index (χ0n) is 15.2. The number of ether oxygens (including phenoxy) is 2. The molecular formula is C20H19ClN2O5. The molecule has 1 aliphatic heterocycles. The number of fused-ring (bicyclic) bond motifs is 1. The Balaban J connectivity index is 1.66. The van der Waals surface area contributed by atoms with E-state index in [2.05, 4.69) is 15.4 Å². The second-order valence-corrected chi connectivity index (χ2v) is 6.73. The van der Waals surface area contributed by atoms with Gasteiger partial charge in [-0.25, -0.2) is 0 Å². The third-order valence-electron chi connectivity index (χ3n) is 4.32. The summed E-state index contributed by atoms with van der Waals surface area (Å²) in [6.07, 6.45) is 0.434. The van der Waals surface area contributed by atoms with E-state index in [0.717, 1.165) is 5.56 Å². The number of carbonyl (C=O) groups is 3. The average molecular weight is 403 g/mol. The molecule has 7 nitrogen and oxygen atoms in total. The first kappa shape index (κ1) is 19.7. The fraction of sp³-hybridized carbons (Fsp3) is 0.250. The second kappa shape index (κ2) is 8.75. The van der Waals surface area contributed by atoms with Crippen LogP contribution in [0.5, 0.6) is 5.75 Å². The maximum Gasteiger partial charge on any atom is 0.325 e. The zero-order chi connectivity index (χ0) is 20.1. The molecule has 1 heterocycles. The molecule has 0 aromatic heterocycles. The molecule has 1 unspecified atom stereocenters. The lowest BCUT2D eigenvalue weighted by atomic mass is 9.95. The summed E-state index contributed by atoms with van der Waals surface area (Å²) in [5.41, 5.74) is 1.83. The molecule has 2 N–H and O–H groups in total. The normalized spacial score (nSPS) is 15.0. The molecule has 28 heavy (non-hydrogen) atoms. The van der Waals surface area contributed by atoms with Gasteiger partial charge in [-0.05, 0) is 48.4 Å². The summed E-state index contributed by atoms with van der Waals surface area (Å²) in [7, 11) is 1.26. The van der Waals surface area contributed by atoms with Gasteiger partial charge in [-0.15, -0.1) is 0 Å². The van der Waals surface area contributed by atoms with Crippen molar-refractivity contribution in [3.8, 4) is 5.75 Å². The average Bonchev–Trinajstić information content (AvgIpc) is 2.71. The Morgan fingerprint density at radius 1 is 1.21 bits per heavy atom. The van der Waals surface area contributed by atoms with Crippen molar-refractivity contribution in [2.75, 3.05) is 25.6 Å². The summed E-state index contributed by atoms with van der Waals surface area (Å²) in [6, 6.07) is 11.9. The quantitative estimate of drug-likeness (QED) is 0.749. The summed E-state index contributed by atoms with van der Waals surface area (Å²) in [5.74, 6) is -0.860. The lowest BCUT2D eigenvalue weighted by Crippen LogP contribution is -2.39. The van der Waals surface area contributed by atoms with Crippen molar-refractivity contribution in [2.45, 2.75) is 6.42 Å². The van der Waals surface area contributed by atoms with E-state index in [-0.39, 0.29) is 25.0 Å². The number of benzene rings is 2. The number of hydrogen-bond donors (Lipinski definition) is 2. The number of amides is 2. The molecule has 1 atom stereocenters. The fourth-order valence-electron chi connectivity index (χ4n) is 2.85. The van der Waals surface area contributed by atoms with Gasteiger partial charge in [-0.1, -0.05) is 17.7 Å². The summed E-state index contributed by atoms with van der Waals surface area (Å²) < 4.78 is 10.2. The third kappa shape index (κ3) is 4.80. The van der Waals surface area contributed by atoms with Gasteiger partial charge in [0.05, 0.1) is 13.0 Å². The van der Waals surface area contributed by atoms with E-state index in [9.17, 15) is 14.4 Å². The molecule has 0 radical (unpaired) electrons. The van der Waals surface area contributed by atoms with Gasteiger partial charge in [0.25, 0.3) is 5.91 Å². The number of halogens is 1. The predicted molar refractivity (Wildman–Crippen MR) is 104 cm³/mol. The Bertz CT molecular complexity index is 915. The number of methoxy groups -OCH3 is 1. The van der Waals surface area contributed by atoms with Crippen LogP contribution in [0.1, 0.15) is 15.9 Å². The molecule has 0 fully saturated rings.